The van der Waals surface area contributed by atoms with Crippen molar-refractivity contribution in [1.82, 2.24) is 4.48 Å². The van der Waals surface area contributed by atoms with Crippen molar-refractivity contribution in [3.63, 3.8) is 0 Å². The smallest absolute Gasteiger partial charge is 0.333 e. The van der Waals surface area contributed by atoms with Crippen LogP contribution in [0.25, 0.3) is 44.1 Å². The zero-order valence-electron chi connectivity index (χ0n) is 29.9. The van der Waals surface area contributed by atoms with E-state index in [1.54, 1.807) is 0 Å². The number of benzene rings is 7. The molecule has 3 aliphatic rings. The van der Waals surface area contributed by atoms with Crippen LogP contribution in [-0.4, -0.2) is 19.4 Å². The Kier molecular flexibility index (Phi) is 5.62. The second-order valence-corrected chi connectivity index (χ2v) is 19.8. The summed E-state index contributed by atoms with van der Waals surface area (Å²) in [6.45, 7) is 7.00. The van der Waals surface area contributed by atoms with Crippen LogP contribution in [0.4, 0.5) is 17.1 Å². The Morgan fingerprint density at radius 1 is 0.566 bits per heavy atom. The standard InChI is InChI=1S/C48H35BN2OSi/c1-48(2,3)30-28-36-33-21-14-22-35-44(33)51(45-34-20-10-12-25-40(34)52-47(35)45)49-37-23-15-27-42-46(37)50(39(29-30)43(36)49)38-24-11-13-26-41(38)53(42,31-16-6-4-7-17-31)32-18-8-5-9-19-32/h4-29H,1-3H3. The number of para-hydroxylation sites is 4. The number of hydrogen-bond acceptors (Lipinski definition) is 2. The van der Waals surface area contributed by atoms with Crippen molar-refractivity contribution >= 4 is 96.6 Å². The molecule has 0 bridgehead atoms. The topological polar surface area (TPSA) is 21.3 Å². The lowest BCUT2D eigenvalue weighted by Gasteiger charge is -2.50. The van der Waals surface area contributed by atoms with E-state index in [9.17, 15) is 0 Å². The van der Waals surface area contributed by atoms with E-state index in [-0.39, 0.29) is 12.3 Å². The first-order chi connectivity index (χ1) is 26.0. The molecule has 3 aliphatic heterocycles. The molecule has 3 nitrogen and oxygen atoms in total. The van der Waals surface area contributed by atoms with Crippen LogP contribution in [0.5, 0.6) is 0 Å². The Balaban J connectivity index is 1.31. The number of aromatic nitrogens is 1. The lowest BCUT2D eigenvalue weighted by Crippen LogP contribution is -2.78. The highest BCUT2D eigenvalue weighted by Crippen LogP contribution is 2.48. The minimum Gasteiger partial charge on any atom is -0.454 e. The molecule has 5 heteroatoms. The van der Waals surface area contributed by atoms with Crippen LogP contribution in [0.1, 0.15) is 26.3 Å². The summed E-state index contributed by atoms with van der Waals surface area (Å²) in [7, 11) is -2.81. The van der Waals surface area contributed by atoms with Crippen LogP contribution in [0.15, 0.2) is 162 Å². The fourth-order valence-corrected chi connectivity index (χ4v) is 15.4. The first-order valence-corrected chi connectivity index (χ1v) is 20.7. The molecule has 0 radical (unpaired) electrons. The third-order valence-electron chi connectivity index (χ3n) is 12.4. The van der Waals surface area contributed by atoms with Crippen molar-refractivity contribution < 1.29 is 4.42 Å². The quantitative estimate of drug-likeness (QED) is 0.172. The molecule has 0 fully saturated rings. The van der Waals surface area contributed by atoms with E-state index < -0.39 is 8.07 Å². The molecule has 2 aromatic heterocycles. The molecular formula is C48H35BN2OSi. The van der Waals surface area contributed by atoms with Gasteiger partial charge in [0.05, 0.1) is 5.52 Å². The van der Waals surface area contributed by atoms with Crippen LogP contribution in [0.2, 0.25) is 0 Å². The highest BCUT2D eigenvalue weighted by atomic mass is 28.3. The second-order valence-electron chi connectivity index (χ2n) is 16.0. The summed E-state index contributed by atoms with van der Waals surface area (Å²) in [5.74, 6) is 0. The molecule has 0 atom stereocenters. The molecule has 0 unspecified atom stereocenters. The van der Waals surface area contributed by atoms with Crippen molar-refractivity contribution in [2.45, 2.75) is 26.2 Å². The van der Waals surface area contributed by atoms with Gasteiger partial charge in [-0.15, -0.1) is 0 Å². The summed E-state index contributed by atoms with van der Waals surface area (Å²) < 4.78 is 9.43. The van der Waals surface area contributed by atoms with Crippen molar-refractivity contribution in [2.75, 3.05) is 4.90 Å². The number of anilines is 3. The average Bonchev–Trinajstić information content (AvgIpc) is 3.73. The second kappa shape index (κ2) is 10.1. The first kappa shape index (κ1) is 29.5. The van der Waals surface area contributed by atoms with Crippen molar-refractivity contribution in [1.29, 1.82) is 0 Å². The van der Waals surface area contributed by atoms with Gasteiger partial charge in [0.15, 0.2) is 13.7 Å². The van der Waals surface area contributed by atoms with Crippen LogP contribution in [-0.2, 0) is 5.41 Å². The molecule has 53 heavy (non-hydrogen) atoms. The van der Waals surface area contributed by atoms with E-state index in [1.807, 2.05) is 0 Å². The van der Waals surface area contributed by atoms with Crippen LogP contribution >= 0.6 is 0 Å². The van der Waals surface area contributed by atoms with Gasteiger partial charge in [-0.1, -0.05) is 148 Å². The maximum atomic E-state index is 6.78. The van der Waals surface area contributed by atoms with E-state index in [4.69, 9.17) is 4.42 Å². The van der Waals surface area contributed by atoms with Gasteiger partial charge >= 0.3 is 6.85 Å². The molecule has 5 heterocycles. The van der Waals surface area contributed by atoms with Gasteiger partial charge in [0.2, 0.25) is 0 Å². The predicted octanol–water partition coefficient (Wildman–Crippen LogP) is 7.95. The highest BCUT2D eigenvalue weighted by Gasteiger charge is 2.53. The molecule has 9 aromatic rings. The maximum absolute atomic E-state index is 6.78. The molecule has 0 saturated heterocycles. The Morgan fingerprint density at radius 2 is 1.23 bits per heavy atom. The van der Waals surface area contributed by atoms with Crippen molar-refractivity contribution in [2.24, 2.45) is 0 Å². The maximum Gasteiger partial charge on any atom is 0.333 e. The average molecular weight is 695 g/mol. The van der Waals surface area contributed by atoms with E-state index in [2.05, 4.69) is 188 Å². The zero-order valence-corrected chi connectivity index (χ0v) is 30.9. The third-order valence-corrected chi connectivity index (χ3v) is 17.2. The Bertz CT molecular complexity index is 2970. The molecule has 250 valence electrons. The van der Waals surface area contributed by atoms with Crippen molar-refractivity contribution in [3.8, 4) is 11.1 Å². The predicted molar refractivity (Wildman–Crippen MR) is 226 cm³/mol. The van der Waals surface area contributed by atoms with Gasteiger partial charge in [0.25, 0.3) is 0 Å². The zero-order chi connectivity index (χ0) is 35.2. The number of nitrogens with zero attached hydrogens (tertiary/aromatic N) is 2. The Hall–Kier alpha value is -6.04. The van der Waals surface area contributed by atoms with Gasteiger partial charge in [0, 0.05) is 38.9 Å². The molecule has 0 amide bonds. The molecule has 0 saturated carbocycles. The molecule has 0 spiro atoms. The van der Waals surface area contributed by atoms with Crippen LogP contribution in [0.3, 0.4) is 0 Å². The monoisotopic (exact) mass is 694 g/mol. The van der Waals surface area contributed by atoms with Crippen LogP contribution < -0.4 is 36.6 Å². The Labute approximate surface area is 309 Å². The summed E-state index contributed by atoms with van der Waals surface area (Å²) in [4.78, 5) is 2.65. The summed E-state index contributed by atoms with van der Waals surface area (Å²) in [6, 6.07) is 59.6. The van der Waals surface area contributed by atoms with Crippen LogP contribution in [0, 0.1) is 0 Å². The molecule has 0 N–H and O–H groups in total. The molecular weight excluding hydrogens is 659 g/mol. The summed E-state index contributed by atoms with van der Waals surface area (Å²) in [5, 5.41) is 8.02. The highest BCUT2D eigenvalue weighted by molar-refractivity contribution is 7.21. The van der Waals surface area contributed by atoms with Gasteiger partial charge in [0.1, 0.15) is 5.58 Å². The lowest BCUT2D eigenvalue weighted by atomic mass is 9.45. The largest absolute Gasteiger partial charge is 0.454 e. The van der Waals surface area contributed by atoms with E-state index in [0.717, 1.165) is 16.6 Å². The molecule has 7 aromatic carbocycles. The summed E-state index contributed by atoms with van der Waals surface area (Å²) in [6.07, 6.45) is 0. The number of fused-ring (bicyclic) bond motifs is 11. The molecule has 12 rings (SSSR count). The third kappa shape index (κ3) is 3.56. The van der Waals surface area contributed by atoms with Gasteiger partial charge < -0.3 is 13.8 Å². The number of rotatable bonds is 2. The van der Waals surface area contributed by atoms with E-state index in [1.165, 1.54) is 81.8 Å². The SMILES string of the molecule is CC(C)(C)c1cc2c3c(c1)N1c4ccccc4[Si](c4ccccc4)(c4ccccc4)c4cccc(c41)B3n1c3c-2cccc3c2oc3ccccc3c21. The summed E-state index contributed by atoms with van der Waals surface area (Å²) in [5.41, 5.74) is 14.9. The minimum absolute atomic E-state index is 0.0420. The van der Waals surface area contributed by atoms with Gasteiger partial charge in [-0.05, 0) is 78.5 Å². The number of hydrogen-bond donors (Lipinski definition) is 0. The van der Waals surface area contributed by atoms with Gasteiger partial charge in [-0.3, -0.25) is 0 Å². The number of furan rings is 1. The molecule has 0 aliphatic carbocycles. The van der Waals surface area contributed by atoms with E-state index in [0.29, 0.717) is 0 Å². The normalized spacial score (nSPS) is 14.8. The minimum atomic E-state index is -2.81. The fraction of sp³-hybridized carbons (Fsp3) is 0.0833. The fourth-order valence-electron chi connectivity index (χ4n) is 10.2. The van der Waals surface area contributed by atoms with Gasteiger partial charge in [-0.2, -0.15) is 0 Å². The first-order valence-electron chi connectivity index (χ1n) is 18.7. The van der Waals surface area contributed by atoms with Crippen molar-refractivity contribution in [3.05, 3.63) is 163 Å². The van der Waals surface area contributed by atoms with Gasteiger partial charge in [-0.25, -0.2) is 0 Å². The lowest BCUT2D eigenvalue weighted by molar-refractivity contribution is 0.590. The summed E-state index contributed by atoms with van der Waals surface area (Å²) >= 11 is 0. The van der Waals surface area contributed by atoms with E-state index >= 15 is 0 Å². The Morgan fingerprint density at radius 3 is 2.00 bits per heavy atom.